The van der Waals surface area contributed by atoms with Crippen molar-refractivity contribution in [2.45, 2.75) is 38.9 Å². The van der Waals surface area contributed by atoms with Crippen LogP contribution in [0.25, 0.3) is 0 Å². The molecule has 0 radical (unpaired) electrons. The lowest BCUT2D eigenvalue weighted by Gasteiger charge is -2.05. The average Bonchev–Trinajstić information content (AvgIpc) is 3.18. The van der Waals surface area contributed by atoms with Crippen molar-refractivity contribution < 1.29 is 4.92 Å². The monoisotopic (exact) mass is 287 g/mol. The molecule has 2 aromatic rings. The second-order valence-electron chi connectivity index (χ2n) is 5.38. The standard InChI is InChI=1S/C14H17N5O2/c1-10-11(3-2-4-14(10)19(20)21)8-18-9-13(16-17-18)7-15-12-5-6-12/h2-4,9,12,15H,5-8H2,1H3. The van der Waals surface area contributed by atoms with E-state index in [1.54, 1.807) is 17.7 Å². The van der Waals surface area contributed by atoms with Gasteiger partial charge in [-0.25, -0.2) is 4.68 Å². The highest BCUT2D eigenvalue weighted by Crippen LogP contribution is 2.22. The van der Waals surface area contributed by atoms with E-state index in [4.69, 9.17) is 0 Å². The Kier molecular flexibility index (Phi) is 3.66. The Morgan fingerprint density at radius 2 is 2.29 bits per heavy atom. The predicted octanol–water partition coefficient (Wildman–Crippen LogP) is 1.80. The molecule has 21 heavy (non-hydrogen) atoms. The van der Waals surface area contributed by atoms with Crippen LogP contribution >= 0.6 is 0 Å². The van der Waals surface area contributed by atoms with E-state index in [9.17, 15) is 10.1 Å². The number of nitrogens with zero attached hydrogens (tertiary/aromatic N) is 4. The SMILES string of the molecule is Cc1c(Cn2cc(CNC3CC3)nn2)cccc1[N+](=O)[O-]. The molecule has 1 aliphatic rings. The Hall–Kier alpha value is -2.28. The van der Waals surface area contributed by atoms with Gasteiger partial charge in [-0.05, 0) is 25.3 Å². The third kappa shape index (κ3) is 3.25. The maximum absolute atomic E-state index is 10.9. The number of nitro benzene ring substituents is 1. The molecule has 1 N–H and O–H groups in total. The lowest BCUT2D eigenvalue weighted by atomic mass is 10.1. The molecule has 0 atom stereocenters. The van der Waals surface area contributed by atoms with Crippen molar-refractivity contribution in [3.63, 3.8) is 0 Å². The fraction of sp³-hybridized carbons (Fsp3) is 0.429. The Labute approximate surface area is 122 Å². The molecule has 1 aromatic carbocycles. The van der Waals surface area contributed by atoms with Crippen LogP contribution in [0.5, 0.6) is 0 Å². The van der Waals surface area contributed by atoms with E-state index in [-0.39, 0.29) is 10.6 Å². The van der Waals surface area contributed by atoms with Crippen LogP contribution in [-0.4, -0.2) is 26.0 Å². The summed E-state index contributed by atoms with van der Waals surface area (Å²) in [7, 11) is 0. The summed E-state index contributed by atoms with van der Waals surface area (Å²) in [6.07, 6.45) is 4.36. The van der Waals surface area contributed by atoms with Crippen molar-refractivity contribution in [2.24, 2.45) is 0 Å². The van der Waals surface area contributed by atoms with Crippen molar-refractivity contribution in [3.8, 4) is 0 Å². The van der Waals surface area contributed by atoms with Gasteiger partial charge < -0.3 is 5.32 Å². The molecule has 0 unspecified atom stereocenters. The van der Waals surface area contributed by atoms with Gasteiger partial charge in [0.15, 0.2) is 0 Å². The van der Waals surface area contributed by atoms with Crippen LogP contribution < -0.4 is 5.32 Å². The van der Waals surface area contributed by atoms with Crippen molar-refractivity contribution in [2.75, 3.05) is 0 Å². The smallest absolute Gasteiger partial charge is 0.272 e. The first-order valence-corrected chi connectivity index (χ1v) is 6.99. The minimum Gasteiger partial charge on any atom is -0.308 e. The van der Waals surface area contributed by atoms with Gasteiger partial charge in [-0.3, -0.25) is 10.1 Å². The van der Waals surface area contributed by atoms with E-state index in [0.29, 0.717) is 18.2 Å². The number of hydrogen-bond acceptors (Lipinski definition) is 5. The molecule has 0 saturated heterocycles. The quantitative estimate of drug-likeness (QED) is 0.646. The zero-order chi connectivity index (χ0) is 14.8. The minimum atomic E-state index is -0.356. The Balaban J connectivity index is 1.71. The molecular formula is C14H17N5O2. The number of aromatic nitrogens is 3. The van der Waals surface area contributed by atoms with Crippen LogP contribution in [0.1, 0.15) is 29.7 Å². The van der Waals surface area contributed by atoms with E-state index in [1.165, 1.54) is 18.9 Å². The molecule has 7 nitrogen and oxygen atoms in total. The summed E-state index contributed by atoms with van der Waals surface area (Å²) in [5.74, 6) is 0. The van der Waals surface area contributed by atoms with Gasteiger partial charge in [0.1, 0.15) is 0 Å². The van der Waals surface area contributed by atoms with Gasteiger partial charge in [0.2, 0.25) is 0 Å². The highest BCUT2D eigenvalue weighted by molar-refractivity contribution is 5.44. The molecule has 110 valence electrons. The van der Waals surface area contributed by atoms with Gasteiger partial charge in [0.25, 0.3) is 5.69 Å². The minimum absolute atomic E-state index is 0.142. The molecule has 0 spiro atoms. The van der Waals surface area contributed by atoms with Gasteiger partial charge in [-0.1, -0.05) is 17.3 Å². The van der Waals surface area contributed by atoms with E-state index >= 15 is 0 Å². The molecule has 3 rings (SSSR count). The fourth-order valence-electron chi connectivity index (χ4n) is 2.25. The Morgan fingerprint density at radius 1 is 1.48 bits per heavy atom. The Bertz CT molecular complexity index is 663. The molecule has 0 aliphatic heterocycles. The average molecular weight is 287 g/mol. The van der Waals surface area contributed by atoms with E-state index < -0.39 is 0 Å². The number of nitrogens with one attached hydrogen (secondary N) is 1. The number of rotatable bonds is 6. The number of hydrogen-bond donors (Lipinski definition) is 1. The summed E-state index contributed by atoms with van der Waals surface area (Å²) in [6.45, 7) is 2.97. The summed E-state index contributed by atoms with van der Waals surface area (Å²) in [4.78, 5) is 10.6. The highest BCUT2D eigenvalue weighted by atomic mass is 16.6. The van der Waals surface area contributed by atoms with Crippen LogP contribution in [0.4, 0.5) is 5.69 Å². The van der Waals surface area contributed by atoms with Crippen LogP contribution in [0.2, 0.25) is 0 Å². The van der Waals surface area contributed by atoms with E-state index in [2.05, 4.69) is 15.6 Å². The summed E-state index contributed by atoms with van der Waals surface area (Å²) >= 11 is 0. The first kappa shape index (κ1) is 13.7. The van der Waals surface area contributed by atoms with E-state index in [0.717, 1.165) is 17.8 Å². The highest BCUT2D eigenvalue weighted by Gasteiger charge is 2.20. The normalized spacial score (nSPS) is 14.3. The molecule has 1 aromatic heterocycles. The topological polar surface area (TPSA) is 85.9 Å². The first-order valence-electron chi connectivity index (χ1n) is 6.99. The maximum Gasteiger partial charge on any atom is 0.272 e. The molecule has 1 saturated carbocycles. The summed E-state index contributed by atoms with van der Waals surface area (Å²) in [5, 5.41) is 22.5. The summed E-state index contributed by atoms with van der Waals surface area (Å²) in [6, 6.07) is 5.73. The summed E-state index contributed by atoms with van der Waals surface area (Å²) in [5.41, 5.74) is 2.60. The largest absolute Gasteiger partial charge is 0.308 e. The first-order chi connectivity index (χ1) is 10.1. The molecule has 1 heterocycles. The lowest BCUT2D eigenvalue weighted by molar-refractivity contribution is -0.385. The molecule has 1 aliphatic carbocycles. The third-order valence-corrected chi connectivity index (χ3v) is 3.68. The molecule has 7 heteroatoms. The van der Waals surface area contributed by atoms with Gasteiger partial charge >= 0.3 is 0 Å². The van der Waals surface area contributed by atoms with Crippen LogP contribution in [0.3, 0.4) is 0 Å². The van der Waals surface area contributed by atoms with Crippen molar-refractivity contribution in [3.05, 3.63) is 51.3 Å². The molecule has 1 fully saturated rings. The summed E-state index contributed by atoms with van der Waals surface area (Å²) < 4.78 is 1.72. The number of nitro groups is 1. The van der Waals surface area contributed by atoms with Crippen LogP contribution in [-0.2, 0) is 13.1 Å². The van der Waals surface area contributed by atoms with Crippen LogP contribution in [0, 0.1) is 17.0 Å². The zero-order valence-corrected chi connectivity index (χ0v) is 11.8. The molecule has 0 bridgehead atoms. The second-order valence-corrected chi connectivity index (χ2v) is 5.38. The third-order valence-electron chi connectivity index (χ3n) is 3.68. The molecular weight excluding hydrogens is 270 g/mol. The van der Waals surface area contributed by atoms with Crippen LogP contribution in [0.15, 0.2) is 24.4 Å². The van der Waals surface area contributed by atoms with Crippen molar-refractivity contribution in [1.29, 1.82) is 0 Å². The van der Waals surface area contributed by atoms with E-state index in [1.807, 2.05) is 12.3 Å². The van der Waals surface area contributed by atoms with Gasteiger partial charge in [-0.15, -0.1) is 5.10 Å². The van der Waals surface area contributed by atoms with Crippen molar-refractivity contribution in [1.82, 2.24) is 20.3 Å². The number of benzene rings is 1. The maximum atomic E-state index is 10.9. The fourth-order valence-corrected chi connectivity index (χ4v) is 2.25. The van der Waals surface area contributed by atoms with Gasteiger partial charge in [-0.2, -0.15) is 0 Å². The predicted molar refractivity (Wildman–Crippen MR) is 76.8 cm³/mol. The lowest BCUT2D eigenvalue weighted by Crippen LogP contribution is -2.15. The van der Waals surface area contributed by atoms with Gasteiger partial charge in [0, 0.05) is 24.2 Å². The van der Waals surface area contributed by atoms with Crippen molar-refractivity contribution >= 4 is 5.69 Å². The molecule has 0 amide bonds. The second kappa shape index (κ2) is 5.61. The van der Waals surface area contributed by atoms with Gasteiger partial charge in [0.05, 0.1) is 23.4 Å². The Morgan fingerprint density at radius 3 is 3.00 bits per heavy atom. The zero-order valence-electron chi connectivity index (χ0n) is 11.8.